The van der Waals surface area contributed by atoms with Crippen molar-refractivity contribution in [3.8, 4) is 0 Å². The Balaban J connectivity index is 2.47. The highest BCUT2D eigenvalue weighted by atomic mass is 16.5. The Morgan fingerprint density at radius 3 is 2.33 bits per heavy atom. The molecule has 128 valence electrons. The number of ketones is 1. The first-order valence-electron chi connectivity index (χ1n) is 7.39. The number of hydrogen-bond acceptors (Lipinski definition) is 6. The Labute approximate surface area is 139 Å². The Morgan fingerprint density at radius 1 is 1.29 bits per heavy atom. The van der Waals surface area contributed by atoms with Crippen LogP contribution in [0.4, 0.5) is 0 Å². The van der Waals surface area contributed by atoms with Crippen molar-refractivity contribution in [2.24, 2.45) is 0 Å². The summed E-state index contributed by atoms with van der Waals surface area (Å²) in [6.07, 6.45) is -0.829. The Bertz CT molecular complexity index is 704. The molecule has 7 nitrogen and oxygen atoms in total. The van der Waals surface area contributed by atoms with Crippen LogP contribution in [-0.4, -0.2) is 52.5 Å². The number of Topliss-reactive ketones (excluding diaryl/α,β-unsaturated/α-hetero) is 1. The van der Waals surface area contributed by atoms with Crippen LogP contribution >= 0.6 is 0 Å². The lowest BCUT2D eigenvalue weighted by Gasteiger charge is -2.27. The number of hydrogen-bond donors (Lipinski definition) is 2. The fourth-order valence-electron chi connectivity index (χ4n) is 2.75. The molecule has 0 bridgehead atoms. The van der Waals surface area contributed by atoms with Crippen LogP contribution in [0.1, 0.15) is 35.8 Å². The summed E-state index contributed by atoms with van der Waals surface area (Å²) in [7, 11) is 1.27. The second-order valence-electron chi connectivity index (χ2n) is 5.64. The highest BCUT2D eigenvalue weighted by Crippen LogP contribution is 2.37. The van der Waals surface area contributed by atoms with E-state index in [9.17, 15) is 24.6 Å². The smallest absolute Gasteiger partial charge is 0.337 e. The summed E-state index contributed by atoms with van der Waals surface area (Å²) >= 11 is 0. The fraction of sp³-hybridized carbons (Fsp3) is 0.353. The molecule has 0 aromatic heterocycles. The van der Waals surface area contributed by atoms with Gasteiger partial charge < -0.3 is 19.8 Å². The van der Waals surface area contributed by atoms with Gasteiger partial charge in [-0.1, -0.05) is 12.1 Å². The SMILES string of the molecule is COC(=O)c1ccc([C@H]2C(C(C)=O)=C(O)C(=O)N2C[C@H](C)O)cc1. The minimum absolute atomic E-state index is 0.0218. The molecule has 1 aromatic carbocycles. The molecule has 2 N–H and O–H groups in total. The monoisotopic (exact) mass is 333 g/mol. The molecule has 0 saturated heterocycles. The highest BCUT2D eigenvalue weighted by molar-refractivity contribution is 6.08. The van der Waals surface area contributed by atoms with Crippen LogP contribution < -0.4 is 0 Å². The van der Waals surface area contributed by atoms with E-state index in [1.54, 1.807) is 12.1 Å². The van der Waals surface area contributed by atoms with Gasteiger partial charge in [-0.2, -0.15) is 0 Å². The number of ether oxygens (including phenoxy) is 1. The van der Waals surface area contributed by atoms with E-state index in [0.29, 0.717) is 11.1 Å². The van der Waals surface area contributed by atoms with Crippen molar-refractivity contribution in [3.63, 3.8) is 0 Å². The zero-order valence-corrected chi connectivity index (χ0v) is 13.6. The molecular weight excluding hydrogens is 314 g/mol. The van der Waals surface area contributed by atoms with Gasteiger partial charge in [0.2, 0.25) is 0 Å². The molecule has 1 aliphatic heterocycles. The summed E-state index contributed by atoms with van der Waals surface area (Å²) in [6.45, 7) is 2.73. The number of carbonyl (C=O) groups is 3. The first-order valence-corrected chi connectivity index (χ1v) is 7.39. The number of methoxy groups -OCH3 is 1. The van der Waals surface area contributed by atoms with Crippen LogP contribution in [0.3, 0.4) is 0 Å². The number of rotatable bonds is 5. The quantitative estimate of drug-likeness (QED) is 0.783. The molecule has 0 unspecified atom stereocenters. The second-order valence-corrected chi connectivity index (χ2v) is 5.64. The lowest BCUT2D eigenvalue weighted by atomic mass is 9.96. The third-order valence-corrected chi connectivity index (χ3v) is 3.79. The van der Waals surface area contributed by atoms with E-state index in [-0.39, 0.29) is 12.1 Å². The third-order valence-electron chi connectivity index (χ3n) is 3.79. The molecular formula is C17H19NO6. The van der Waals surface area contributed by atoms with Crippen molar-refractivity contribution in [1.29, 1.82) is 0 Å². The summed E-state index contributed by atoms with van der Waals surface area (Å²) in [6, 6.07) is 5.39. The van der Waals surface area contributed by atoms with Gasteiger partial charge in [-0.3, -0.25) is 9.59 Å². The lowest BCUT2D eigenvalue weighted by Crippen LogP contribution is -2.36. The topological polar surface area (TPSA) is 104 Å². The van der Waals surface area contributed by atoms with Gasteiger partial charge in [0.1, 0.15) is 0 Å². The van der Waals surface area contributed by atoms with Crippen molar-refractivity contribution in [1.82, 2.24) is 4.90 Å². The molecule has 24 heavy (non-hydrogen) atoms. The molecule has 1 amide bonds. The van der Waals surface area contributed by atoms with Gasteiger partial charge in [-0.05, 0) is 31.5 Å². The largest absolute Gasteiger partial charge is 0.503 e. The molecule has 1 aliphatic rings. The zero-order valence-electron chi connectivity index (χ0n) is 13.6. The van der Waals surface area contributed by atoms with Crippen LogP contribution in [0.2, 0.25) is 0 Å². The minimum atomic E-state index is -0.829. The Morgan fingerprint density at radius 2 is 1.88 bits per heavy atom. The third kappa shape index (κ3) is 3.16. The van der Waals surface area contributed by atoms with Crippen molar-refractivity contribution in [3.05, 3.63) is 46.7 Å². The Hall–Kier alpha value is -2.67. The standard InChI is InChI=1S/C17H19NO6/c1-9(19)8-18-14(13(10(2)20)15(21)16(18)22)11-4-6-12(7-5-11)17(23)24-3/h4-7,9,14,19,21H,8H2,1-3H3/t9-,14-/m0/s1. The average molecular weight is 333 g/mol. The van der Waals surface area contributed by atoms with Gasteiger partial charge in [0.15, 0.2) is 11.5 Å². The van der Waals surface area contributed by atoms with E-state index in [1.165, 1.54) is 38.0 Å². The van der Waals surface area contributed by atoms with Crippen LogP contribution in [0.15, 0.2) is 35.6 Å². The number of aliphatic hydroxyl groups excluding tert-OH is 2. The van der Waals surface area contributed by atoms with Gasteiger partial charge in [-0.15, -0.1) is 0 Å². The van der Waals surface area contributed by atoms with Crippen LogP contribution in [0, 0.1) is 0 Å². The number of nitrogens with zero attached hydrogens (tertiary/aromatic N) is 1. The number of esters is 1. The van der Waals surface area contributed by atoms with Crippen LogP contribution in [0.25, 0.3) is 0 Å². The molecule has 0 saturated carbocycles. The molecule has 2 rings (SSSR count). The lowest BCUT2D eigenvalue weighted by molar-refractivity contribution is -0.130. The van der Waals surface area contributed by atoms with E-state index >= 15 is 0 Å². The van der Waals surface area contributed by atoms with E-state index in [4.69, 9.17) is 0 Å². The molecule has 7 heteroatoms. The summed E-state index contributed by atoms with van der Waals surface area (Å²) in [5.41, 5.74) is 0.850. The number of benzene rings is 1. The highest BCUT2D eigenvalue weighted by Gasteiger charge is 2.42. The van der Waals surface area contributed by atoms with Gasteiger partial charge in [0, 0.05) is 6.54 Å². The first kappa shape index (κ1) is 17.7. The van der Waals surface area contributed by atoms with E-state index in [1.807, 2.05) is 0 Å². The summed E-state index contributed by atoms with van der Waals surface area (Å²) in [4.78, 5) is 36.9. The number of aliphatic hydroxyl groups is 2. The normalized spacial score (nSPS) is 18.8. The van der Waals surface area contributed by atoms with Gasteiger partial charge >= 0.3 is 5.97 Å². The minimum Gasteiger partial charge on any atom is -0.503 e. The van der Waals surface area contributed by atoms with E-state index < -0.39 is 35.6 Å². The van der Waals surface area contributed by atoms with Crippen molar-refractivity contribution in [2.75, 3.05) is 13.7 Å². The maximum absolute atomic E-state index is 12.2. The van der Waals surface area contributed by atoms with Gasteiger partial charge in [0.25, 0.3) is 5.91 Å². The molecule has 0 spiro atoms. The Kier molecular flexibility index (Phi) is 5.04. The average Bonchev–Trinajstić information content (AvgIpc) is 2.78. The van der Waals surface area contributed by atoms with Crippen molar-refractivity contribution in [2.45, 2.75) is 26.0 Å². The summed E-state index contributed by atoms with van der Waals surface area (Å²) in [5, 5.41) is 19.7. The number of amides is 1. The molecule has 0 aliphatic carbocycles. The summed E-state index contributed by atoms with van der Waals surface area (Å²) < 4.78 is 4.63. The summed E-state index contributed by atoms with van der Waals surface area (Å²) in [5.74, 6) is -2.25. The van der Waals surface area contributed by atoms with Crippen LogP contribution in [-0.2, 0) is 14.3 Å². The second kappa shape index (κ2) is 6.84. The van der Waals surface area contributed by atoms with Crippen molar-refractivity contribution < 1.29 is 29.3 Å². The van der Waals surface area contributed by atoms with Gasteiger partial charge in [0.05, 0.1) is 30.4 Å². The first-order chi connectivity index (χ1) is 11.3. The van der Waals surface area contributed by atoms with Crippen LogP contribution in [0.5, 0.6) is 0 Å². The number of carbonyl (C=O) groups excluding carboxylic acids is 3. The van der Waals surface area contributed by atoms with E-state index in [2.05, 4.69) is 4.74 Å². The van der Waals surface area contributed by atoms with Gasteiger partial charge in [-0.25, -0.2) is 4.79 Å². The fourth-order valence-corrected chi connectivity index (χ4v) is 2.75. The number of β-amino-alcohol motifs (C(OH)–C–C–N with tert-alkyl or cyclic N) is 1. The molecule has 1 heterocycles. The molecule has 1 aromatic rings. The molecule has 0 radical (unpaired) electrons. The zero-order chi connectivity index (χ0) is 18.0. The predicted molar refractivity (Wildman–Crippen MR) is 84.3 cm³/mol. The molecule has 0 fully saturated rings. The maximum Gasteiger partial charge on any atom is 0.337 e. The molecule has 2 atom stereocenters. The van der Waals surface area contributed by atoms with E-state index in [0.717, 1.165) is 0 Å². The maximum atomic E-state index is 12.2. The predicted octanol–water partition coefficient (Wildman–Crippen LogP) is 1.14. The van der Waals surface area contributed by atoms with Crippen molar-refractivity contribution >= 4 is 17.7 Å².